The minimum absolute atomic E-state index is 0.224. The van der Waals surface area contributed by atoms with Crippen LogP contribution in [0.15, 0.2) is 83.5 Å². The van der Waals surface area contributed by atoms with Gasteiger partial charge in [-0.05, 0) is 98.2 Å². The number of furan rings is 1. The fraction of sp³-hybridized carbons (Fsp3) is 0.250. The molecule has 1 N–H and O–H groups in total. The van der Waals surface area contributed by atoms with E-state index >= 15 is 0 Å². The molecule has 2 heterocycles. The van der Waals surface area contributed by atoms with Crippen LogP contribution in [0.25, 0.3) is 22.2 Å². The first-order chi connectivity index (χ1) is 19.9. The highest BCUT2D eigenvalue weighted by Crippen LogP contribution is 2.33. The first-order valence-corrected chi connectivity index (χ1v) is 15.1. The van der Waals surface area contributed by atoms with Gasteiger partial charge in [-0.25, -0.2) is 14.4 Å². The molecule has 0 spiro atoms. The topological polar surface area (TPSA) is 63.4 Å². The van der Waals surface area contributed by atoms with Crippen LogP contribution in [0.2, 0.25) is 5.02 Å². The molecule has 3 aromatic carbocycles. The van der Waals surface area contributed by atoms with Gasteiger partial charge in [0.15, 0.2) is 0 Å². The van der Waals surface area contributed by atoms with Crippen molar-refractivity contribution in [3.63, 3.8) is 0 Å². The van der Waals surface area contributed by atoms with E-state index in [-0.39, 0.29) is 18.5 Å². The highest BCUT2D eigenvalue weighted by atomic mass is 35.5. The van der Waals surface area contributed by atoms with Crippen molar-refractivity contribution < 1.29 is 13.5 Å². The third-order valence-electron chi connectivity index (χ3n) is 6.83. The summed E-state index contributed by atoms with van der Waals surface area (Å²) in [6.45, 7) is 0.736. The zero-order chi connectivity index (χ0) is 28.8. The van der Waals surface area contributed by atoms with Crippen LogP contribution in [0.4, 0.5) is 10.2 Å². The van der Waals surface area contributed by atoms with Crippen LogP contribution in [0.3, 0.4) is 0 Å². The maximum atomic E-state index is 13.4. The molecule has 41 heavy (non-hydrogen) atoms. The number of nitrogens with one attached hydrogen (secondary N) is 1. The monoisotopic (exact) mass is 590 g/mol. The Morgan fingerprint density at radius 3 is 2.68 bits per heavy atom. The molecule has 0 aliphatic carbocycles. The van der Waals surface area contributed by atoms with Crippen molar-refractivity contribution in [2.24, 2.45) is 0 Å². The summed E-state index contributed by atoms with van der Waals surface area (Å²) < 4.78 is 25.6. The van der Waals surface area contributed by atoms with Crippen molar-refractivity contribution in [2.75, 3.05) is 31.4 Å². The van der Waals surface area contributed by atoms with Gasteiger partial charge in [-0.3, -0.25) is 4.90 Å². The van der Waals surface area contributed by atoms with Gasteiger partial charge in [-0.15, -0.1) is 0 Å². The molecule has 5 aromatic rings. The number of benzene rings is 3. The lowest BCUT2D eigenvalue weighted by atomic mass is 10.1. The number of hydrogen-bond acceptors (Lipinski definition) is 7. The molecular formula is C32H32ClFN4O2S. The fourth-order valence-corrected chi connectivity index (χ4v) is 5.38. The molecule has 1 unspecified atom stereocenters. The Bertz CT molecular complexity index is 1630. The molecule has 6 nitrogen and oxygen atoms in total. The van der Waals surface area contributed by atoms with Crippen molar-refractivity contribution in [1.82, 2.24) is 14.9 Å². The van der Waals surface area contributed by atoms with Crippen LogP contribution < -0.4 is 10.1 Å². The molecule has 212 valence electrons. The summed E-state index contributed by atoms with van der Waals surface area (Å²) in [7, 11) is 4.17. The number of aromatic nitrogens is 2. The Labute approximate surface area is 248 Å². The summed E-state index contributed by atoms with van der Waals surface area (Å²) in [4.78, 5) is 11.2. The zero-order valence-electron chi connectivity index (χ0n) is 23.2. The van der Waals surface area contributed by atoms with Gasteiger partial charge in [-0.1, -0.05) is 29.8 Å². The average Bonchev–Trinajstić information content (AvgIpc) is 3.45. The molecule has 0 bridgehead atoms. The first-order valence-electron chi connectivity index (χ1n) is 13.3. The normalized spacial score (nSPS) is 12.1. The Kier molecular flexibility index (Phi) is 9.44. The molecule has 0 saturated heterocycles. The summed E-state index contributed by atoms with van der Waals surface area (Å²) in [5, 5.41) is 4.81. The smallest absolute Gasteiger partial charge is 0.138 e. The van der Waals surface area contributed by atoms with Crippen molar-refractivity contribution in [1.29, 1.82) is 0 Å². The number of thioether (sulfide) groups is 1. The van der Waals surface area contributed by atoms with E-state index in [9.17, 15) is 4.39 Å². The number of anilines is 1. The number of halogens is 2. The number of rotatable bonds is 12. The highest BCUT2D eigenvalue weighted by Gasteiger charge is 2.18. The molecule has 5 rings (SSSR count). The van der Waals surface area contributed by atoms with E-state index < -0.39 is 0 Å². The second-order valence-electron chi connectivity index (χ2n) is 9.95. The Morgan fingerprint density at radius 2 is 1.90 bits per heavy atom. The molecule has 0 amide bonds. The molecule has 0 aliphatic heterocycles. The van der Waals surface area contributed by atoms with Crippen LogP contribution in [-0.4, -0.2) is 41.0 Å². The lowest BCUT2D eigenvalue weighted by molar-refractivity contribution is 0.255. The molecule has 1 atom stereocenters. The van der Waals surface area contributed by atoms with Crippen LogP contribution in [0.1, 0.15) is 29.3 Å². The molecule has 9 heteroatoms. The van der Waals surface area contributed by atoms with E-state index in [1.54, 1.807) is 12.4 Å². The minimum atomic E-state index is -0.295. The lowest BCUT2D eigenvalue weighted by Gasteiger charge is -2.21. The van der Waals surface area contributed by atoms with Gasteiger partial charge in [0.1, 0.15) is 41.8 Å². The summed E-state index contributed by atoms with van der Waals surface area (Å²) in [6, 6.07) is 22.3. The maximum absolute atomic E-state index is 13.4. The van der Waals surface area contributed by atoms with Gasteiger partial charge in [0.25, 0.3) is 0 Å². The van der Waals surface area contributed by atoms with Gasteiger partial charge in [0, 0.05) is 17.5 Å². The zero-order valence-corrected chi connectivity index (χ0v) is 24.8. The van der Waals surface area contributed by atoms with Gasteiger partial charge in [0.05, 0.1) is 16.6 Å². The number of ether oxygens (including phenoxy) is 1. The van der Waals surface area contributed by atoms with Gasteiger partial charge in [0.2, 0.25) is 0 Å². The summed E-state index contributed by atoms with van der Waals surface area (Å²) in [6.07, 6.45) is 4.70. The Balaban J connectivity index is 1.30. The summed E-state index contributed by atoms with van der Waals surface area (Å²) in [5.74, 6) is 3.81. The quantitative estimate of drug-likeness (QED) is 0.157. The molecular weight excluding hydrogens is 559 g/mol. The highest BCUT2D eigenvalue weighted by molar-refractivity contribution is 7.98. The average molecular weight is 591 g/mol. The van der Waals surface area contributed by atoms with E-state index in [4.69, 9.17) is 20.8 Å². The Morgan fingerprint density at radius 1 is 1.02 bits per heavy atom. The van der Waals surface area contributed by atoms with E-state index in [1.165, 1.54) is 12.1 Å². The van der Waals surface area contributed by atoms with Crippen molar-refractivity contribution in [3.05, 3.63) is 107 Å². The van der Waals surface area contributed by atoms with Gasteiger partial charge in [-0.2, -0.15) is 11.8 Å². The SMILES string of the molecule is CSCCC(c1ccc(-c2ccc3ncnc(NCc4ccc(OCc5cccc(F)c5)c(Cl)c4)c3c2)o1)N(C)C. The van der Waals surface area contributed by atoms with Crippen LogP contribution in [0, 0.1) is 5.82 Å². The maximum Gasteiger partial charge on any atom is 0.138 e. The molecule has 2 aromatic heterocycles. The van der Waals surface area contributed by atoms with Crippen LogP contribution in [-0.2, 0) is 13.2 Å². The van der Waals surface area contributed by atoms with Crippen molar-refractivity contribution in [3.8, 4) is 17.1 Å². The van der Waals surface area contributed by atoms with E-state index in [1.807, 2.05) is 54.2 Å². The number of fused-ring (bicyclic) bond motifs is 1. The second kappa shape index (κ2) is 13.4. The lowest BCUT2D eigenvalue weighted by Crippen LogP contribution is -2.20. The largest absolute Gasteiger partial charge is 0.487 e. The minimum Gasteiger partial charge on any atom is -0.487 e. The second-order valence-corrected chi connectivity index (χ2v) is 11.3. The Hall–Kier alpha value is -3.59. The third-order valence-corrected chi connectivity index (χ3v) is 7.77. The predicted molar refractivity (Wildman–Crippen MR) is 166 cm³/mol. The third kappa shape index (κ3) is 7.19. The first kappa shape index (κ1) is 28.9. The van der Waals surface area contributed by atoms with E-state index in [2.05, 4.69) is 52.7 Å². The van der Waals surface area contributed by atoms with Crippen LogP contribution in [0.5, 0.6) is 5.75 Å². The van der Waals surface area contributed by atoms with Crippen molar-refractivity contribution in [2.45, 2.75) is 25.6 Å². The van der Waals surface area contributed by atoms with Crippen molar-refractivity contribution >= 4 is 40.1 Å². The molecule has 0 radical (unpaired) electrons. The molecule has 0 aliphatic rings. The summed E-state index contributed by atoms with van der Waals surface area (Å²) in [5.41, 5.74) is 3.50. The summed E-state index contributed by atoms with van der Waals surface area (Å²) >= 11 is 8.34. The standard InChI is InChI=1S/C32H32ClFN4O2S/c1-38(2)28(13-14-41-3)31-12-11-29(40-31)23-8-9-27-25(17-23)32(37-20-36-27)35-18-21-7-10-30(26(33)16-21)39-19-22-5-4-6-24(34)15-22/h4-12,15-17,20,28H,13-14,18-19H2,1-3H3,(H,35,36,37). The predicted octanol–water partition coefficient (Wildman–Crippen LogP) is 8.23. The molecule has 0 fully saturated rings. The van der Waals surface area contributed by atoms with E-state index in [0.29, 0.717) is 17.3 Å². The van der Waals surface area contributed by atoms with E-state index in [0.717, 1.165) is 57.1 Å². The van der Waals surface area contributed by atoms with Crippen LogP contribution >= 0.6 is 23.4 Å². The number of hydrogen-bond donors (Lipinski definition) is 1. The molecule has 0 saturated carbocycles. The van der Waals surface area contributed by atoms with Gasteiger partial charge >= 0.3 is 0 Å². The fourth-order valence-electron chi connectivity index (χ4n) is 4.67. The van der Waals surface area contributed by atoms with Gasteiger partial charge < -0.3 is 14.5 Å². The number of nitrogens with zero attached hydrogens (tertiary/aromatic N) is 3.